The molecule has 0 heterocycles. The number of rotatable bonds is 3. The summed E-state index contributed by atoms with van der Waals surface area (Å²) in [6.07, 6.45) is 0. The lowest BCUT2D eigenvalue weighted by atomic mass is 10.2. The normalized spacial score (nSPS) is 11.4. The molecule has 0 radical (unpaired) electrons. The summed E-state index contributed by atoms with van der Waals surface area (Å²) in [6.45, 7) is 1.82. The van der Waals surface area contributed by atoms with Crippen LogP contribution in [0.3, 0.4) is 0 Å². The molecule has 112 valence electrons. The molecule has 0 fully saturated rings. The van der Waals surface area contributed by atoms with Crippen LogP contribution in [-0.2, 0) is 10.0 Å². The third-order valence-corrected chi connectivity index (χ3v) is 5.18. The molecule has 0 aliphatic carbocycles. The van der Waals surface area contributed by atoms with E-state index < -0.39 is 10.0 Å². The molecule has 0 unspecified atom stereocenters. The predicted octanol–water partition coefficient (Wildman–Crippen LogP) is 4.34. The Hall–Kier alpha value is -1.14. The number of nitrogens with two attached hydrogens (primary N) is 1. The third-order valence-electron chi connectivity index (χ3n) is 2.71. The molecule has 3 N–H and O–H groups in total. The van der Waals surface area contributed by atoms with Crippen LogP contribution >= 0.6 is 34.8 Å². The second-order valence-corrected chi connectivity index (χ2v) is 7.27. The molecule has 8 heteroatoms. The van der Waals surface area contributed by atoms with Crippen molar-refractivity contribution in [3.8, 4) is 0 Å². The zero-order valence-electron chi connectivity index (χ0n) is 10.8. The van der Waals surface area contributed by atoms with Crippen molar-refractivity contribution in [1.29, 1.82) is 0 Å². The van der Waals surface area contributed by atoms with Crippen LogP contribution in [0.2, 0.25) is 15.1 Å². The molecule has 0 saturated carbocycles. The van der Waals surface area contributed by atoms with E-state index in [1.165, 1.54) is 18.2 Å². The SMILES string of the molecule is Cc1ccc(S(=O)(=O)Nc2cc(Cl)c(Cl)cc2Cl)c(N)c1. The van der Waals surface area contributed by atoms with Gasteiger partial charge in [0.15, 0.2) is 0 Å². The molecule has 0 amide bonds. The topological polar surface area (TPSA) is 72.2 Å². The standard InChI is InChI=1S/C13H11Cl3N2O2S/c1-7-2-3-13(11(17)4-7)21(19,20)18-12-6-9(15)8(14)5-10(12)16/h2-6,18H,17H2,1H3. The first-order valence-electron chi connectivity index (χ1n) is 5.74. The van der Waals surface area contributed by atoms with Crippen molar-refractivity contribution in [3.63, 3.8) is 0 Å². The van der Waals surface area contributed by atoms with Crippen LogP contribution in [0.1, 0.15) is 5.56 Å². The van der Waals surface area contributed by atoms with Gasteiger partial charge in [-0.15, -0.1) is 0 Å². The summed E-state index contributed by atoms with van der Waals surface area (Å²) in [7, 11) is -3.87. The van der Waals surface area contributed by atoms with Gasteiger partial charge in [0.1, 0.15) is 4.90 Å². The molecular weight excluding hydrogens is 355 g/mol. The van der Waals surface area contributed by atoms with Crippen molar-refractivity contribution in [2.75, 3.05) is 10.5 Å². The van der Waals surface area contributed by atoms with Gasteiger partial charge >= 0.3 is 0 Å². The van der Waals surface area contributed by atoms with Crippen LogP contribution in [0.5, 0.6) is 0 Å². The lowest BCUT2D eigenvalue weighted by molar-refractivity contribution is 0.601. The van der Waals surface area contributed by atoms with Crippen LogP contribution in [0, 0.1) is 6.92 Å². The lowest BCUT2D eigenvalue weighted by Crippen LogP contribution is -2.15. The monoisotopic (exact) mass is 364 g/mol. The Morgan fingerprint density at radius 1 is 1.00 bits per heavy atom. The highest BCUT2D eigenvalue weighted by molar-refractivity contribution is 7.92. The number of halogens is 3. The number of aryl methyl sites for hydroxylation is 1. The first kappa shape index (κ1) is 16.2. The highest BCUT2D eigenvalue weighted by atomic mass is 35.5. The minimum Gasteiger partial charge on any atom is -0.398 e. The van der Waals surface area contributed by atoms with E-state index in [9.17, 15) is 8.42 Å². The van der Waals surface area contributed by atoms with Gasteiger partial charge in [0.2, 0.25) is 0 Å². The van der Waals surface area contributed by atoms with Crippen LogP contribution in [0.25, 0.3) is 0 Å². The second kappa shape index (κ2) is 5.93. The number of nitrogens with one attached hydrogen (secondary N) is 1. The molecule has 0 aliphatic rings. The molecule has 0 aliphatic heterocycles. The maximum absolute atomic E-state index is 12.4. The maximum atomic E-state index is 12.4. The van der Waals surface area contributed by atoms with Gasteiger partial charge in [0, 0.05) is 0 Å². The van der Waals surface area contributed by atoms with E-state index in [2.05, 4.69) is 4.72 Å². The van der Waals surface area contributed by atoms with E-state index in [4.69, 9.17) is 40.5 Å². The second-order valence-electron chi connectivity index (χ2n) is 4.39. The predicted molar refractivity (Wildman–Crippen MR) is 87.9 cm³/mol. The van der Waals surface area contributed by atoms with E-state index in [1.807, 2.05) is 6.92 Å². The first-order valence-corrected chi connectivity index (χ1v) is 8.36. The molecule has 0 aromatic heterocycles. The summed E-state index contributed by atoms with van der Waals surface area (Å²) >= 11 is 17.6. The minimum absolute atomic E-state index is 0.0322. The van der Waals surface area contributed by atoms with Crippen LogP contribution in [0.4, 0.5) is 11.4 Å². The lowest BCUT2D eigenvalue weighted by Gasteiger charge is -2.12. The van der Waals surface area contributed by atoms with E-state index in [-0.39, 0.29) is 31.3 Å². The molecule has 2 rings (SSSR count). The van der Waals surface area contributed by atoms with E-state index in [1.54, 1.807) is 12.1 Å². The number of hydrogen-bond acceptors (Lipinski definition) is 3. The van der Waals surface area contributed by atoms with Crippen molar-refractivity contribution in [2.24, 2.45) is 0 Å². The number of anilines is 2. The number of benzene rings is 2. The largest absolute Gasteiger partial charge is 0.398 e. The molecule has 0 saturated heterocycles. The van der Waals surface area contributed by atoms with Crippen LogP contribution in [-0.4, -0.2) is 8.42 Å². The molecule has 21 heavy (non-hydrogen) atoms. The van der Waals surface area contributed by atoms with Crippen molar-refractivity contribution in [2.45, 2.75) is 11.8 Å². The summed E-state index contributed by atoms with van der Waals surface area (Å²) < 4.78 is 27.1. The molecule has 0 atom stereocenters. The maximum Gasteiger partial charge on any atom is 0.263 e. The molecule has 0 spiro atoms. The van der Waals surface area contributed by atoms with Gasteiger partial charge in [-0.3, -0.25) is 4.72 Å². The molecule has 2 aromatic rings. The Bertz CT molecular complexity index is 807. The summed E-state index contributed by atoms with van der Waals surface area (Å²) in [5.41, 5.74) is 6.90. The Morgan fingerprint density at radius 3 is 2.24 bits per heavy atom. The fourth-order valence-electron chi connectivity index (χ4n) is 1.71. The van der Waals surface area contributed by atoms with E-state index >= 15 is 0 Å². The fraction of sp³-hybridized carbons (Fsp3) is 0.0769. The van der Waals surface area contributed by atoms with Gasteiger partial charge in [-0.2, -0.15) is 0 Å². The van der Waals surface area contributed by atoms with Crippen LogP contribution < -0.4 is 10.5 Å². The van der Waals surface area contributed by atoms with Crippen molar-refractivity contribution in [1.82, 2.24) is 0 Å². The van der Waals surface area contributed by atoms with Gasteiger partial charge in [-0.05, 0) is 36.8 Å². The molecular formula is C13H11Cl3N2O2S. The Labute approximate surface area is 137 Å². The van der Waals surface area contributed by atoms with Gasteiger partial charge in [0.05, 0.1) is 26.4 Å². The van der Waals surface area contributed by atoms with E-state index in [0.717, 1.165) is 5.56 Å². The van der Waals surface area contributed by atoms with Crippen molar-refractivity contribution in [3.05, 3.63) is 51.0 Å². The van der Waals surface area contributed by atoms with Crippen molar-refractivity contribution >= 4 is 56.2 Å². The summed E-state index contributed by atoms with van der Waals surface area (Å²) in [5.74, 6) is 0. The molecule has 4 nitrogen and oxygen atoms in total. The third kappa shape index (κ3) is 3.55. The van der Waals surface area contributed by atoms with Gasteiger partial charge in [-0.25, -0.2) is 8.42 Å². The minimum atomic E-state index is -3.87. The molecule has 2 aromatic carbocycles. The summed E-state index contributed by atoms with van der Waals surface area (Å²) in [5, 5.41) is 0.564. The van der Waals surface area contributed by atoms with E-state index in [0.29, 0.717) is 0 Å². The Morgan fingerprint density at radius 2 is 1.62 bits per heavy atom. The first-order chi connectivity index (χ1) is 9.70. The number of hydrogen-bond donors (Lipinski definition) is 2. The fourth-order valence-corrected chi connectivity index (χ4v) is 3.55. The average Bonchev–Trinajstić information content (AvgIpc) is 2.35. The van der Waals surface area contributed by atoms with Crippen LogP contribution in [0.15, 0.2) is 35.2 Å². The smallest absolute Gasteiger partial charge is 0.263 e. The average molecular weight is 366 g/mol. The van der Waals surface area contributed by atoms with Crippen molar-refractivity contribution < 1.29 is 8.42 Å². The highest BCUT2D eigenvalue weighted by Gasteiger charge is 2.19. The van der Waals surface area contributed by atoms with Gasteiger partial charge < -0.3 is 5.73 Å². The Kier molecular flexibility index (Phi) is 4.58. The summed E-state index contributed by atoms with van der Waals surface area (Å²) in [4.78, 5) is -0.0322. The summed E-state index contributed by atoms with van der Waals surface area (Å²) in [6, 6.07) is 7.36. The quantitative estimate of drug-likeness (QED) is 0.628. The highest BCUT2D eigenvalue weighted by Crippen LogP contribution is 2.34. The number of sulfonamides is 1. The molecule has 0 bridgehead atoms. The zero-order valence-corrected chi connectivity index (χ0v) is 13.9. The van der Waals surface area contributed by atoms with Gasteiger partial charge in [0.25, 0.3) is 10.0 Å². The van der Waals surface area contributed by atoms with Gasteiger partial charge in [-0.1, -0.05) is 40.9 Å². The number of nitrogen functional groups attached to an aromatic ring is 1. The Balaban J connectivity index is 2.45. The zero-order chi connectivity index (χ0) is 15.8.